The Morgan fingerprint density at radius 3 is 2.15 bits per heavy atom. The van der Waals surface area contributed by atoms with Crippen molar-refractivity contribution in [2.45, 2.75) is 6.54 Å². The Morgan fingerprint density at radius 2 is 1.44 bits per heavy atom. The number of amides is 2. The molecule has 3 aromatic rings. The Kier molecular flexibility index (Phi) is 6.12. The van der Waals surface area contributed by atoms with Crippen LogP contribution in [-0.2, 0) is 6.54 Å². The number of rotatable bonds is 5. The molecular weight excluding hydrogens is 383 g/mol. The van der Waals surface area contributed by atoms with Crippen molar-refractivity contribution < 1.29 is 9.59 Å². The number of carbonyl (C=O) groups is 2. The van der Waals surface area contributed by atoms with Crippen LogP contribution in [0.5, 0.6) is 0 Å². The number of anilines is 1. The summed E-state index contributed by atoms with van der Waals surface area (Å²) in [5.41, 5.74) is 2.30. The summed E-state index contributed by atoms with van der Waals surface area (Å²) in [6.45, 7) is 0.416. The second kappa shape index (κ2) is 8.71. The minimum atomic E-state index is -0.342. The van der Waals surface area contributed by atoms with Gasteiger partial charge < -0.3 is 10.6 Å². The smallest absolute Gasteiger partial charge is 0.255 e. The lowest BCUT2D eigenvalue weighted by atomic mass is 10.1. The molecule has 2 amide bonds. The molecule has 2 N–H and O–H groups in total. The van der Waals surface area contributed by atoms with E-state index in [9.17, 15) is 9.59 Å². The van der Waals surface area contributed by atoms with Crippen molar-refractivity contribution in [3.8, 4) is 0 Å². The molecule has 0 aliphatic rings. The van der Waals surface area contributed by atoms with E-state index in [0.29, 0.717) is 33.4 Å². The molecule has 3 rings (SSSR count). The van der Waals surface area contributed by atoms with E-state index in [0.717, 1.165) is 5.56 Å². The van der Waals surface area contributed by atoms with Gasteiger partial charge in [-0.3, -0.25) is 9.59 Å². The zero-order chi connectivity index (χ0) is 19.2. The van der Waals surface area contributed by atoms with Crippen LogP contribution in [0, 0.1) is 0 Å². The lowest BCUT2D eigenvalue weighted by molar-refractivity contribution is 0.0951. The van der Waals surface area contributed by atoms with Crippen LogP contribution in [0.25, 0.3) is 0 Å². The number of halogens is 2. The molecular formula is C21H16Cl2N2O2. The van der Waals surface area contributed by atoms with Crippen LogP contribution < -0.4 is 10.6 Å². The topological polar surface area (TPSA) is 58.2 Å². The maximum atomic E-state index is 12.4. The highest BCUT2D eigenvalue weighted by atomic mass is 35.5. The van der Waals surface area contributed by atoms with Crippen LogP contribution in [0.2, 0.25) is 10.0 Å². The van der Waals surface area contributed by atoms with Gasteiger partial charge in [-0.05, 0) is 42.0 Å². The first-order chi connectivity index (χ1) is 13.0. The summed E-state index contributed by atoms with van der Waals surface area (Å²) in [6.07, 6.45) is 0. The molecule has 3 aromatic carbocycles. The SMILES string of the molecule is O=C(NCc1ccccc1)c1cccc(C(=O)Nc2ccc(Cl)c(Cl)c2)c1. The van der Waals surface area contributed by atoms with Gasteiger partial charge in [0.25, 0.3) is 11.8 Å². The zero-order valence-corrected chi connectivity index (χ0v) is 15.7. The molecule has 0 saturated heterocycles. The number of carbonyl (C=O) groups excluding carboxylic acids is 2. The Hall–Kier alpha value is -2.82. The molecule has 0 saturated carbocycles. The molecule has 0 radical (unpaired) electrons. The molecule has 0 fully saturated rings. The largest absolute Gasteiger partial charge is 0.348 e. The summed E-state index contributed by atoms with van der Waals surface area (Å²) in [4.78, 5) is 24.8. The van der Waals surface area contributed by atoms with E-state index in [2.05, 4.69) is 10.6 Å². The third-order valence-electron chi connectivity index (χ3n) is 3.86. The van der Waals surface area contributed by atoms with Crippen LogP contribution in [0.15, 0.2) is 72.8 Å². The lowest BCUT2D eigenvalue weighted by Crippen LogP contribution is -2.23. The van der Waals surface area contributed by atoms with E-state index in [1.165, 1.54) is 0 Å². The van der Waals surface area contributed by atoms with Gasteiger partial charge in [-0.2, -0.15) is 0 Å². The molecule has 0 aliphatic carbocycles. The maximum Gasteiger partial charge on any atom is 0.255 e. The molecule has 4 nitrogen and oxygen atoms in total. The summed E-state index contributed by atoms with van der Waals surface area (Å²) in [5.74, 6) is -0.589. The third kappa shape index (κ3) is 5.09. The first-order valence-corrected chi connectivity index (χ1v) is 8.97. The van der Waals surface area contributed by atoms with Crippen molar-refractivity contribution in [1.82, 2.24) is 5.32 Å². The molecule has 0 atom stereocenters. The molecule has 6 heteroatoms. The van der Waals surface area contributed by atoms with Crippen molar-refractivity contribution >= 4 is 40.7 Å². The fourth-order valence-corrected chi connectivity index (χ4v) is 2.76. The standard InChI is InChI=1S/C21H16Cl2N2O2/c22-18-10-9-17(12-19(18)23)25-21(27)16-8-4-7-15(11-16)20(26)24-13-14-5-2-1-3-6-14/h1-12H,13H2,(H,24,26)(H,25,27). The van der Waals surface area contributed by atoms with Gasteiger partial charge in [0.1, 0.15) is 0 Å². The normalized spacial score (nSPS) is 10.3. The highest BCUT2D eigenvalue weighted by Gasteiger charge is 2.11. The van der Waals surface area contributed by atoms with Crippen LogP contribution in [-0.4, -0.2) is 11.8 Å². The van der Waals surface area contributed by atoms with Gasteiger partial charge in [-0.15, -0.1) is 0 Å². The van der Waals surface area contributed by atoms with Gasteiger partial charge in [0.15, 0.2) is 0 Å². The van der Waals surface area contributed by atoms with E-state index < -0.39 is 0 Å². The van der Waals surface area contributed by atoms with E-state index in [1.54, 1.807) is 42.5 Å². The fraction of sp³-hybridized carbons (Fsp3) is 0.0476. The first-order valence-electron chi connectivity index (χ1n) is 8.21. The van der Waals surface area contributed by atoms with Crippen molar-refractivity contribution in [2.75, 3.05) is 5.32 Å². The Bertz CT molecular complexity index is 975. The van der Waals surface area contributed by atoms with Crippen molar-refractivity contribution in [3.63, 3.8) is 0 Å². The van der Waals surface area contributed by atoms with Gasteiger partial charge in [-0.25, -0.2) is 0 Å². The quantitative estimate of drug-likeness (QED) is 0.622. The van der Waals surface area contributed by atoms with Crippen LogP contribution in [0.1, 0.15) is 26.3 Å². The van der Waals surface area contributed by atoms with Crippen molar-refractivity contribution in [1.29, 1.82) is 0 Å². The molecule has 0 aliphatic heterocycles. The van der Waals surface area contributed by atoms with Gasteiger partial charge in [0.2, 0.25) is 0 Å². The number of nitrogens with one attached hydrogen (secondary N) is 2. The summed E-state index contributed by atoms with van der Waals surface area (Å²) in [6, 6.07) is 21.0. The second-order valence-corrected chi connectivity index (χ2v) is 6.65. The molecule has 27 heavy (non-hydrogen) atoms. The number of hydrogen-bond donors (Lipinski definition) is 2. The highest BCUT2D eigenvalue weighted by Crippen LogP contribution is 2.25. The van der Waals surface area contributed by atoms with Gasteiger partial charge in [-0.1, -0.05) is 59.6 Å². The molecule has 0 aromatic heterocycles. The van der Waals surface area contributed by atoms with Crippen LogP contribution in [0.3, 0.4) is 0 Å². The van der Waals surface area contributed by atoms with E-state index in [4.69, 9.17) is 23.2 Å². The third-order valence-corrected chi connectivity index (χ3v) is 4.60. The highest BCUT2D eigenvalue weighted by molar-refractivity contribution is 6.42. The lowest BCUT2D eigenvalue weighted by Gasteiger charge is -2.09. The second-order valence-electron chi connectivity index (χ2n) is 5.83. The minimum absolute atomic E-state index is 0.247. The van der Waals surface area contributed by atoms with Crippen molar-refractivity contribution in [2.24, 2.45) is 0 Å². The molecule has 136 valence electrons. The Labute approximate surface area is 167 Å². The average molecular weight is 399 g/mol. The minimum Gasteiger partial charge on any atom is -0.348 e. The van der Waals surface area contributed by atoms with Gasteiger partial charge in [0.05, 0.1) is 10.0 Å². The summed E-state index contributed by atoms with van der Waals surface area (Å²) in [7, 11) is 0. The summed E-state index contributed by atoms with van der Waals surface area (Å²) >= 11 is 11.8. The van der Waals surface area contributed by atoms with Gasteiger partial charge >= 0.3 is 0 Å². The monoisotopic (exact) mass is 398 g/mol. The average Bonchev–Trinajstić information content (AvgIpc) is 2.70. The van der Waals surface area contributed by atoms with E-state index in [-0.39, 0.29) is 11.8 Å². The van der Waals surface area contributed by atoms with Crippen LogP contribution >= 0.6 is 23.2 Å². The van der Waals surface area contributed by atoms with Gasteiger partial charge in [0, 0.05) is 23.4 Å². The number of hydrogen-bond acceptors (Lipinski definition) is 2. The first kappa shape index (κ1) is 19.0. The van der Waals surface area contributed by atoms with E-state index >= 15 is 0 Å². The predicted octanol–water partition coefficient (Wildman–Crippen LogP) is 5.18. The predicted molar refractivity (Wildman–Crippen MR) is 108 cm³/mol. The fourth-order valence-electron chi connectivity index (χ4n) is 2.46. The van der Waals surface area contributed by atoms with E-state index in [1.807, 2.05) is 30.3 Å². The molecule has 0 unspecified atom stereocenters. The summed E-state index contributed by atoms with van der Waals surface area (Å²) < 4.78 is 0. The molecule has 0 bridgehead atoms. The van der Waals surface area contributed by atoms with Crippen molar-refractivity contribution in [3.05, 3.63) is 99.5 Å². The molecule has 0 spiro atoms. The molecule has 0 heterocycles. The maximum absolute atomic E-state index is 12.4. The summed E-state index contributed by atoms with van der Waals surface area (Å²) in [5, 5.41) is 6.34. The number of benzene rings is 3. The Morgan fingerprint density at radius 1 is 0.741 bits per heavy atom. The zero-order valence-electron chi connectivity index (χ0n) is 14.2. The van der Waals surface area contributed by atoms with Crippen LogP contribution in [0.4, 0.5) is 5.69 Å². The Balaban J connectivity index is 1.67.